The van der Waals surface area contributed by atoms with Gasteiger partial charge in [0.15, 0.2) is 0 Å². The molecule has 1 rings (SSSR count). The molecule has 0 aliphatic heterocycles. The fourth-order valence-electron chi connectivity index (χ4n) is 1.39. The van der Waals surface area contributed by atoms with Gasteiger partial charge in [0.2, 0.25) is 5.90 Å². The van der Waals surface area contributed by atoms with Crippen LogP contribution in [0.5, 0.6) is 0 Å². The number of benzene rings is 1. The molecule has 0 aliphatic carbocycles. The zero-order chi connectivity index (χ0) is 9.84. The average molecular weight is 177 g/mol. The Kier molecular flexibility index (Phi) is 3.07. The molecule has 0 heterocycles. The Morgan fingerprint density at radius 1 is 1.31 bits per heavy atom. The van der Waals surface area contributed by atoms with E-state index < -0.39 is 0 Å². The van der Waals surface area contributed by atoms with Crippen molar-refractivity contribution in [1.82, 2.24) is 0 Å². The molecule has 13 heavy (non-hydrogen) atoms. The van der Waals surface area contributed by atoms with Gasteiger partial charge in [-0.3, -0.25) is 5.41 Å². The van der Waals surface area contributed by atoms with Crippen molar-refractivity contribution >= 4 is 5.90 Å². The van der Waals surface area contributed by atoms with Gasteiger partial charge in [0, 0.05) is 5.56 Å². The van der Waals surface area contributed by atoms with E-state index >= 15 is 0 Å². The van der Waals surface area contributed by atoms with Crippen LogP contribution < -0.4 is 0 Å². The predicted octanol–water partition coefficient (Wildman–Crippen LogP) is 2.67. The van der Waals surface area contributed by atoms with Crippen LogP contribution in [0.15, 0.2) is 18.2 Å². The molecule has 0 unspecified atom stereocenters. The van der Waals surface area contributed by atoms with Crippen LogP contribution in [0.25, 0.3) is 0 Å². The highest BCUT2D eigenvalue weighted by atomic mass is 16.5. The van der Waals surface area contributed by atoms with Crippen molar-refractivity contribution in [2.24, 2.45) is 0 Å². The van der Waals surface area contributed by atoms with Gasteiger partial charge in [0.25, 0.3) is 0 Å². The van der Waals surface area contributed by atoms with Crippen LogP contribution in [0.3, 0.4) is 0 Å². The highest BCUT2D eigenvalue weighted by molar-refractivity contribution is 5.94. The number of aryl methyl sites for hydroxylation is 2. The third kappa shape index (κ3) is 2.08. The first-order chi connectivity index (χ1) is 6.16. The van der Waals surface area contributed by atoms with Crippen molar-refractivity contribution in [3.8, 4) is 0 Å². The summed E-state index contributed by atoms with van der Waals surface area (Å²) in [5, 5.41) is 7.69. The average Bonchev–Trinajstić information content (AvgIpc) is 2.04. The SMILES string of the molecule is CCOC(=N)c1c(C)cccc1C. The van der Waals surface area contributed by atoms with Crippen molar-refractivity contribution < 1.29 is 4.74 Å². The van der Waals surface area contributed by atoms with E-state index in [-0.39, 0.29) is 5.90 Å². The van der Waals surface area contributed by atoms with E-state index in [1.54, 1.807) is 0 Å². The number of rotatable bonds is 2. The summed E-state index contributed by atoms with van der Waals surface area (Å²) in [6, 6.07) is 5.99. The van der Waals surface area contributed by atoms with Gasteiger partial charge < -0.3 is 4.74 Å². The van der Waals surface area contributed by atoms with Gasteiger partial charge >= 0.3 is 0 Å². The quantitative estimate of drug-likeness (QED) is 0.546. The first kappa shape index (κ1) is 9.78. The van der Waals surface area contributed by atoms with Crippen molar-refractivity contribution in [3.05, 3.63) is 34.9 Å². The molecule has 1 aromatic carbocycles. The van der Waals surface area contributed by atoms with Gasteiger partial charge in [-0.2, -0.15) is 0 Å². The molecule has 0 atom stereocenters. The normalized spacial score (nSPS) is 9.77. The summed E-state index contributed by atoms with van der Waals surface area (Å²) in [5.41, 5.74) is 3.11. The summed E-state index contributed by atoms with van der Waals surface area (Å²) in [5.74, 6) is 0.276. The smallest absolute Gasteiger partial charge is 0.213 e. The highest BCUT2D eigenvalue weighted by Gasteiger charge is 2.07. The summed E-state index contributed by atoms with van der Waals surface area (Å²) in [4.78, 5) is 0. The maximum atomic E-state index is 7.69. The summed E-state index contributed by atoms with van der Waals surface area (Å²) in [7, 11) is 0. The van der Waals surface area contributed by atoms with E-state index in [1.807, 2.05) is 39.0 Å². The molecule has 0 saturated carbocycles. The molecule has 0 radical (unpaired) electrons. The minimum Gasteiger partial charge on any atom is -0.478 e. The van der Waals surface area contributed by atoms with Gasteiger partial charge in [0.05, 0.1) is 6.61 Å². The van der Waals surface area contributed by atoms with Crippen LogP contribution >= 0.6 is 0 Å². The maximum absolute atomic E-state index is 7.69. The van der Waals surface area contributed by atoms with E-state index in [4.69, 9.17) is 10.1 Å². The lowest BCUT2D eigenvalue weighted by Gasteiger charge is -2.10. The fraction of sp³-hybridized carbons (Fsp3) is 0.364. The predicted molar refractivity (Wildman–Crippen MR) is 54.4 cm³/mol. The van der Waals surface area contributed by atoms with Crippen molar-refractivity contribution in [2.75, 3.05) is 6.61 Å². The Labute approximate surface area is 79.1 Å². The monoisotopic (exact) mass is 177 g/mol. The van der Waals surface area contributed by atoms with E-state index in [2.05, 4.69) is 0 Å². The lowest BCUT2D eigenvalue weighted by Crippen LogP contribution is -2.08. The molecule has 0 aromatic heterocycles. The topological polar surface area (TPSA) is 33.1 Å². The Morgan fingerprint density at radius 2 is 1.85 bits per heavy atom. The number of nitrogens with one attached hydrogen (secondary N) is 1. The zero-order valence-electron chi connectivity index (χ0n) is 8.35. The van der Waals surface area contributed by atoms with Gasteiger partial charge in [0.1, 0.15) is 0 Å². The molecule has 2 heteroatoms. The van der Waals surface area contributed by atoms with Crippen LogP contribution in [-0.2, 0) is 4.74 Å². The molecule has 70 valence electrons. The summed E-state index contributed by atoms with van der Waals surface area (Å²) < 4.78 is 5.17. The Bertz CT molecular complexity index is 298. The largest absolute Gasteiger partial charge is 0.478 e. The van der Waals surface area contributed by atoms with Crippen molar-refractivity contribution in [1.29, 1.82) is 5.41 Å². The van der Waals surface area contributed by atoms with Crippen LogP contribution in [-0.4, -0.2) is 12.5 Å². The molecule has 2 nitrogen and oxygen atoms in total. The Morgan fingerprint density at radius 3 is 2.31 bits per heavy atom. The van der Waals surface area contributed by atoms with Gasteiger partial charge in [-0.15, -0.1) is 0 Å². The lowest BCUT2D eigenvalue weighted by atomic mass is 10.0. The van der Waals surface area contributed by atoms with E-state index in [9.17, 15) is 0 Å². The summed E-state index contributed by atoms with van der Waals surface area (Å²) in [6.45, 7) is 6.43. The molecule has 0 bridgehead atoms. The lowest BCUT2D eigenvalue weighted by molar-refractivity contribution is 0.325. The minimum absolute atomic E-state index is 0.276. The summed E-state index contributed by atoms with van der Waals surface area (Å²) in [6.07, 6.45) is 0. The third-order valence-electron chi connectivity index (χ3n) is 2.00. The standard InChI is InChI=1S/C11H15NO/c1-4-13-11(12)10-8(2)6-5-7-9(10)3/h5-7,12H,4H2,1-3H3. The van der Waals surface area contributed by atoms with Crippen LogP contribution in [0.2, 0.25) is 0 Å². The van der Waals surface area contributed by atoms with Gasteiger partial charge in [-0.1, -0.05) is 18.2 Å². The number of ether oxygens (including phenoxy) is 1. The van der Waals surface area contributed by atoms with Gasteiger partial charge in [-0.05, 0) is 31.9 Å². The summed E-state index contributed by atoms with van der Waals surface area (Å²) >= 11 is 0. The molecular weight excluding hydrogens is 162 g/mol. The second-order valence-electron chi connectivity index (χ2n) is 3.03. The molecule has 0 amide bonds. The van der Waals surface area contributed by atoms with Crippen LogP contribution in [0.1, 0.15) is 23.6 Å². The molecule has 0 aliphatic rings. The van der Waals surface area contributed by atoms with Crippen molar-refractivity contribution in [2.45, 2.75) is 20.8 Å². The number of hydrogen-bond donors (Lipinski definition) is 1. The second kappa shape index (κ2) is 4.08. The van der Waals surface area contributed by atoms with E-state index in [1.165, 1.54) is 0 Å². The molecule has 1 aromatic rings. The fourth-order valence-corrected chi connectivity index (χ4v) is 1.39. The molecular formula is C11H15NO. The van der Waals surface area contributed by atoms with Crippen LogP contribution in [0.4, 0.5) is 0 Å². The Hall–Kier alpha value is -1.31. The first-order valence-corrected chi connectivity index (χ1v) is 4.44. The zero-order valence-corrected chi connectivity index (χ0v) is 8.35. The van der Waals surface area contributed by atoms with Crippen LogP contribution in [0, 0.1) is 19.3 Å². The van der Waals surface area contributed by atoms with Gasteiger partial charge in [-0.25, -0.2) is 0 Å². The Balaban J connectivity index is 3.05. The van der Waals surface area contributed by atoms with E-state index in [0.717, 1.165) is 16.7 Å². The molecule has 1 N–H and O–H groups in total. The third-order valence-corrected chi connectivity index (χ3v) is 2.00. The molecule has 0 saturated heterocycles. The van der Waals surface area contributed by atoms with E-state index in [0.29, 0.717) is 6.61 Å². The molecule has 0 fully saturated rings. The second-order valence-corrected chi connectivity index (χ2v) is 3.03. The molecule has 0 spiro atoms. The first-order valence-electron chi connectivity index (χ1n) is 4.44. The highest BCUT2D eigenvalue weighted by Crippen LogP contribution is 2.14. The van der Waals surface area contributed by atoms with Crippen molar-refractivity contribution in [3.63, 3.8) is 0 Å². The number of hydrogen-bond acceptors (Lipinski definition) is 2. The maximum Gasteiger partial charge on any atom is 0.213 e. The minimum atomic E-state index is 0.276.